The number of aromatic amines is 1. The number of H-pyrrole nitrogens is 1. The lowest BCUT2D eigenvalue weighted by Gasteiger charge is -2.37. The van der Waals surface area contributed by atoms with E-state index in [0.29, 0.717) is 22.0 Å². The molecule has 1 heterocycles. The number of carboxylic acids is 1. The van der Waals surface area contributed by atoms with Crippen molar-refractivity contribution in [2.75, 3.05) is 0 Å². The summed E-state index contributed by atoms with van der Waals surface area (Å²) in [4.78, 5) is 14.0. The Morgan fingerprint density at radius 3 is 2.46 bits per heavy atom. The fraction of sp³-hybridized carbons (Fsp3) is 0.211. The molecule has 1 aliphatic rings. The minimum atomic E-state index is -1.05. The number of aromatic nitrogens is 1. The Morgan fingerprint density at radius 2 is 1.88 bits per heavy atom. The average Bonchev–Trinajstić information content (AvgIpc) is 2.95. The van der Waals surface area contributed by atoms with Crippen LogP contribution in [0.5, 0.6) is 0 Å². The van der Waals surface area contributed by atoms with Crippen LogP contribution in [0.1, 0.15) is 35.2 Å². The molecule has 5 heteroatoms. The largest absolute Gasteiger partial charge is 0.478 e. The molecule has 122 valence electrons. The van der Waals surface area contributed by atoms with Crippen molar-refractivity contribution in [2.24, 2.45) is 0 Å². The predicted molar refractivity (Wildman–Crippen MR) is 88.4 cm³/mol. The lowest BCUT2D eigenvalue weighted by atomic mass is 9.75. The Kier molecular flexibility index (Phi) is 3.21. The van der Waals surface area contributed by atoms with Gasteiger partial charge in [0.2, 0.25) is 0 Å². The molecule has 0 amide bonds. The van der Waals surface area contributed by atoms with Crippen LogP contribution in [-0.2, 0) is 5.60 Å². The van der Waals surface area contributed by atoms with Gasteiger partial charge in [-0.1, -0.05) is 24.3 Å². The Labute approximate surface area is 137 Å². The smallest absolute Gasteiger partial charge is 0.337 e. The molecule has 0 radical (unpaired) electrons. The van der Waals surface area contributed by atoms with Gasteiger partial charge in [0, 0.05) is 22.7 Å². The summed E-state index contributed by atoms with van der Waals surface area (Å²) in [5.41, 5.74) is 1.65. The molecule has 0 aliphatic heterocycles. The monoisotopic (exact) mass is 325 g/mol. The number of carbonyl (C=O) groups is 1. The molecule has 1 aromatic heterocycles. The van der Waals surface area contributed by atoms with E-state index in [9.17, 15) is 19.4 Å². The van der Waals surface area contributed by atoms with E-state index in [1.807, 2.05) is 12.1 Å². The van der Waals surface area contributed by atoms with Gasteiger partial charge in [0.1, 0.15) is 5.82 Å². The number of hydrogen-bond donors (Lipinski definition) is 3. The molecule has 0 saturated heterocycles. The maximum atomic E-state index is 14.4. The number of nitrogens with one attached hydrogen (secondary N) is 1. The first-order valence-electron chi connectivity index (χ1n) is 7.85. The number of aromatic carboxylic acids is 1. The van der Waals surface area contributed by atoms with E-state index in [0.717, 1.165) is 24.8 Å². The number of rotatable bonds is 3. The van der Waals surface area contributed by atoms with E-state index in [1.54, 1.807) is 18.2 Å². The molecule has 0 atom stereocenters. The number of hydrogen-bond acceptors (Lipinski definition) is 2. The van der Waals surface area contributed by atoms with Gasteiger partial charge >= 0.3 is 5.97 Å². The van der Waals surface area contributed by atoms with Gasteiger partial charge in [0.05, 0.1) is 11.2 Å². The van der Waals surface area contributed by atoms with Crippen molar-refractivity contribution < 1.29 is 19.4 Å². The molecule has 3 N–H and O–H groups in total. The highest BCUT2D eigenvalue weighted by molar-refractivity contribution is 6.04. The maximum absolute atomic E-state index is 14.4. The van der Waals surface area contributed by atoms with Crippen LogP contribution in [-0.4, -0.2) is 21.2 Å². The topological polar surface area (TPSA) is 73.3 Å². The van der Waals surface area contributed by atoms with Crippen molar-refractivity contribution >= 4 is 16.9 Å². The molecule has 24 heavy (non-hydrogen) atoms. The van der Waals surface area contributed by atoms with Gasteiger partial charge in [-0.05, 0) is 42.5 Å². The van der Waals surface area contributed by atoms with Gasteiger partial charge in [-0.3, -0.25) is 0 Å². The number of carboxylic acid groups (broad SMARTS) is 1. The number of aliphatic hydroxyl groups is 1. The highest BCUT2D eigenvalue weighted by Crippen LogP contribution is 2.41. The lowest BCUT2D eigenvalue weighted by Crippen LogP contribution is -2.33. The van der Waals surface area contributed by atoms with Crippen LogP contribution in [0.15, 0.2) is 42.6 Å². The van der Waals surface area contributed by atoms with Crippen molar-refractivity contribution in [3.63, 3.8) is 0 Å². The SMILES string of the molecule is O=C(O)c1c[nH]c2cc(F)c(-c3ccc(C4(O)CCC4)cc3)cc12. The van der Waals surface area contributed by atoms with Crippen LogP contribution in [0.25, 0.3) is 22.0 Å². The van der Waals surface area contributed by atoms with Crippen LogP contribution >= 0.6 is 0 Å². The second kappa shape index (κ2) is 5.18. The zero-order chi connectivity index (χ0) is 16.9. The first-order chi connectivity index (χ1) is 11.5. The first-order valence-corrected chi connectivity index (χ1v) is 7.85. The van der Waals surface area contributed by atoms with E-state index in [1.165, 1.54) is 12.3 Å². The molecule has 0 spiro atoms. The third kappa shape index (κ3) is 2.20. The molecule has 1 fully saturated rings. The van der Waals surface area contributed by atoms with Crippen molar-refractivity contribution in [3.05, 3.63) is 59.5 Å². The van der Waals surface area contributed by atoms with Gasteiger partial charge in [0.15, 0.2) is 0 Å². The summed E-state index contributed by atoms with van der Waals surface area (Å²) in [7, 11) is 0. The summed E-state index contributed by atoms with van der Waals surface area (Å²) in [6.45, 7) is 0. The predicted octanol–water partition coefficient (Wildman–Crippen LogP) is 4.04. The fourth-order valence-corrected chi connectivity index (χ4v) is 3.30. The zero-order valence-electron chi connectivity index (χ0n) is 12.8. The summed E-state index contributed by atoms with van der Waals surface area (Å²) in [6.07, 6.45) is 3.87. The van der Waals surface area contributed by atoms with Gasteiger partial charge in [-0.25, -0.2) is 9.18 Å². The quantitative estimate of drug-likeness (QED) is 0.680. The lowest BCUT2D eigenvalue weighted by molar-refractivity contribution is -0.0387. The Bertz CT molecular complexity index is 939. The summed E-state index contributed by atoms with van der Waals surface area (Å²) >= 11 is 0. The summed E-state index contributed by atoms with van der Waals surface area (Å²) < 4.78 is 14.4. The van der Waals surface area contributed by atoms with Crippen molar-refractivity contribution in [1.82, 2.24) is 4.98 Å². The molecule has 0 bridgehead atoms. The molecular weight excluding hydrogens is 309 g/mol. The summed E-state index contributed by atoms with van der Waals surface area (Å²) in [5, 5.41) is 20.1. The highest BCUT2D eigenvalue weighted by atomic mass is 19.1. The van der Waals surface area contributed by atoms with Crippen LogP contribution < -0.4 is 0 Å². The van der Waals surface area contributed by atoms with Gasteiger partial charge < -0.3 is 15.2 Å². The standard InChI is InChI=1S/C19H16FNO3/c20-16-9-17-14(15(10-21-17)18(22)23)8-13(16)11-2-4-12(5-3-11)19(24)6-1-7-19/h2-5,8-10,21,24H,1,6-7H2,(H,22,23). The van der Waals surface area contributed by atoms with Crippen LogP contribution in [0.3, 0.4) is 0 Å². The number of benzene rings is 2. The van der Waals surface area contributed by atoms with Gasteiger partial charge in [-0.2, -0.15) is 0 Å². The Morgan fingerprint density at radius 1 is 1.17 bits per heavy atom. The Balaban J connectivity index is 1.79. The van der Waals surface area contributed by atoms with E-state index < -0.39 is 17.4 Å². The average molecular weight is 325 g/mol. The molecule has 2 aromatic carbocycles. The van der Waals surface area contributed by atoms with Crippen molar-refractivity contribution in [2.45, 2.75) is 24.9 Å². The first kappa shape index (κ1) is 14.9. The second-order valence-corrected chi connectivity index (χ2v) is 6.35. The minimum absolute atomic E-state index is 0.117. The Hall–Kier alpha value is -2.66. The fourth-order valence-electron chi connectivity index (χ4n) is 3.30. The molecule has 4 rings (SSSR count). The molecule has 1 saturated carbocycles. The van der Waals surface area contributed by atoms with E-state index >= 15 is 0 Å². The van der Waals surface area contributed by atoms with Crippen LogP contribution in [0, 0.1) is 5.82 Å². The number of fused-ring (bicyclic) bond motifs is 1. The van der Waals surface area contributed by atoms with E-state index in [4.69, 9.17) is 0 Å². The highest BCUT2D eigenvalue weighted by Gasteiger charge is 2.35. The summed E-state index contributed by atoms with van der Waals surface area (Å²) in [5.74, 6) is -1.47. The van der Waals surface area contributed by atoms with Crippen LogP contribution in [0.2, 0.25) is 0 Å². The molecular formula is C19H16FNO3. The number of halogens is 1. The second-order valence-electron chi connectivity index (χ2n) is 6.35. The van der Waals surface area contributed by atoms with E-state index in [-0.39, 0.29) is 5.56 Å². The maximum Gasteiger partial charge on any atom is 0.337 e. The normalized spacial score (nSPS) is 16.1. The third-order valence-electron chi connectivity index (χ3n) is 4.91. The molecule has 1 aliphatic carbocycles. The summed E-state index contributed by atoms with van der Waals surface area (Å²) in [6, 6.07) is 10.0. The molecule has 3 aromatic rings. The van der Waals surface area contributed by atoms with Crippen molar-refractivity contribution in [1.29, 1.82) is 0 Å². The van der Waals surface area contributed by atoms with Crippen LogP contribution in [0.4, 0.5) is 4.39 Å². The minimum Gasteiger partial charge on any atom is -0.478 e. The molecule has 4 nitrogen and oxygen atoms in total. The van der Waals surface area contributed by atoms with Gasteiger partial charge in [-0.15, -0.1) is 0 Å². The van der Waals surface area contributed by atoms with Crippen molar-refractivity contribution in [3.8, 4) is 11.1 Å². The van der Waals surface area contributed by atoms with E-state index in [2.05, 4.69) is 4.98 Å². The van der Waals surface area contributed by atoms with Gasteiger partial charge in [0.25, 0.3) is 0 Å². The molecule has 0 unspecified atom stereocenters. The third-order valence-corrected chi connectivity index (χ3v) is 4.91. The zero-order valence-corrected chi connectivity index (χ0v) is 12.8.